The molecule has 0 unspecified atom stereocenters. The molecule has 50 heavy (non-hydrogen) atoms. The molecule has 2 aliphatic rings. The summed E-state index contributed by atoms with van der Waals surface area (Å²) < 4.78 is 7.85. The second-order valence-corrected chi connectivity index (χ2v) is 13.7. The Hall–Kier alpha value is -4.48. The van der Waals surface area contributed by atoms with Gasteiger partial charge in [0, 0.05) is 115 Å². The van der Waals surface area contributed by atoms with Crippen molar-refractivity contribution < 1.29 is 14.3 Å². The topological polar surface area (TPSA) is 122 Å². The standard InChI is InChI=1S/C38H39Cl2N7O3/c1-47-21-25(18-42-20-27-7-10-34(49)46-27)28-8-5-22(15-31(28)47)37-35(39)29(11-13-43-37)30-12-14-44-38(36(30)40)23-3-4-24(32(16-23)50-2)17-41-19-26-6-9-33(48)45-26/h3-5,8,11-16,21,26-27,41-42H,6-7,9-10,17-20H2,1-2H3,(H,45,48)(H,46,49)/t26-,27-/m0/s1. The number of aromatic nitrogens is 3. The third-order valence-corrected chi connectivity index (χ3v) is 10.3. The molecule has 0 saturated carbocycles. The highest BCUT2D eigenvalue weighted by molar-refractivity contribution is 6.39. The first-order valence-corrected chi connectivity index (χ1v) is 17.6. The smallest absolute Gasteiger partial charge is 0.220 e. The molecule has 2 aromatic carbocycles. The van der Waals surface area contributed by atoms with Crippen LogP contribution in [0.3, 0.4) is 0 Å². The van der Waals surface area contributed by atoms with Crippen molar-refractivity contribution in [3.05, 3.63) is 88.3 Å². The summed E-state index contributed by atoms with van der Waals surface area (Å²) in [5.41, 5.74) is 7.74. The van der Waals surface area contributed by atoms with Gasteiger partial charge in [-0.05, 0) is 42.7 Å². The van der Waals surface area contributed by atoms with Gasteiger partial charge in [0.1, 0.15) is 5.75 Å². The van der Waals surface area contributed by atoms with E-state index in [0.29, 0.717) is 53.9 Å². The first kappa shape index (κ1) is 34.0. The second kappa shape index (κ2) is 14.8. The monoisotopic (exact) mass is 711 g/mol. The highest BCUT2D eigenvalue weighted by atomic mass is 35.5. The quantitative estimate of drug-likeness (QED) is 0.125. The number of hydrogen-bond donors (Lipinski definition) is 4. The van der Waals surface area contributed by atoms with Crippen molar-refractivity contribution in [2.45, 2.75) is 50.9 Å². The van der Waals surface area contributed by atoms with Crippen LogP contribution >= 0.6 is 23.2 Å². The molecule has 10 nitrogen and oxygen atoms in total. The lowest BCUT2D eigenvalue weighted by Crippen LogP contribution is -2.35. The van der Waals surface area contributed by atoms with Gasteiger partial charge in [-0.2, -0.15) is 0 Å². The zero-order valence-electron chi connectivity index (χ0n) is 28.0. The molecule has 0 radical (unpaired) electrons. The highest BCUT2D eigenvalue weighted by Gasteiger charge is 2.22. The number of carbonyl (C=O) groups is 2. The van der Waals surface area contributed by atoms with E-state index in [0.717, 1.165) is 63.9 Å². The first-order chi connectivity index (χ1) is 24.3. The van der Waals surface area contributed by atoms with Crippen LogP contribution in [0.4, 0.5) is 0 Å². The lowest BCUT2D eigenvalue weighted by atomic mass is 10.00. The Bertz CT molecular complexity index is 2080. The van der Waals surface area contributed by atoms with Crippen molar-refractivity contribution >= 4 is 45.9 Å². The minimum Gasteiger partial charge on any atom is -0.496 e. The number of rotatable bonds is 12. The molecule has 2 saturated heterocycles. The van der Waals surface area contributed by atoms with Crippen LogP contribution < -0.4 is 26.0 Å². The van der Waals surface area contributed by atoms with Gasteiger partial charge in [0.2, 0.25) is 11.8 Å². The number of benzene rings is 2. The minimum absolute atomic E-state index is 0.107. The number of methoxy groups -OCH3 is 1. The number of aryl methyl sites for hydroxylation is 1. The van der Waals surface area contributed by atoms with E-state index in [1.54, 1.807) is 19.5 Å². The first-order valence-electron chi connectivity index (χ1n) is 16.8. The van der Waals surface area contributed by atoms with E-state index in [1.807, 2.05) is 43.4 Å². The summed E-state index contributed by atoms with van der Waals surface area (Å²) in [6, 6.07) is 16.3. The van der Waals surface area contributed by atoms with Gasteiger partial charge in [0.25, 0.3) is 0 Å². The van der Waals surface area contributed by atoms with Crippen LogP contribution in [0.5, 0.6) is 5.75 Å². The Morgan fingerprint density at radius 2 is 1.36 bits per heavy atom. The molecule has 5 heterocycles. The number of ether oxygens (including phenoxy) is 1. The zero-order chi connectivity index (χ0) is 34.8. The van der Waals surface area contributed by atoms with Crippen molar-refractivity contribution in [1.82, 2.24) is 35.8 Å². The third-order valence-electron chi connectivity index (χ3n) is 9.56. The molecule has 4 N–H and O–H groups in total. The number of halogens is 2. The molecule has 5 aromatic rings. The lowest BCUT2D eigenvalue weighted by molar-refractivity contribution is -0.120. The number of hydrogen-bond acceptors (Lipinski definition) is 7. The average molecular weight is 713 g/mol. The molecular weight excluding hydrogens is 673 g/mol. The maximum atomic E-state index is 11.5. The van der Waals surface area contributed by atoms with E-state index in [-0.39, 0.29) is 23.9 Å². The maximum Gasteiger partial charge on any atom is 0.220 e. The Morgan fingerprint density at radius 3 is 1.92 bits per heavy atom. The van der Waals surface area contributed by atoms with Crippen molar-refractivity contribution in [2.75, 3.05) is 20.2 Å². The summed E-state index contributed by atoms with van der Waals surface area (Å²) in [4.78, 5) is 32.4. The normalized spacial score (nSPS) is 17.4. The molecule has 0 bridgehead atoms. The second-order valence-electron chi connectivity index (χ2n) is 12.9. The Labute approximate surface area is 300 Å². The van der Waals surface area contributed by atoms with Gasteiger partial charge >= 0.3 is 0 Å². The number of pyridine rings is 2. The van der Waals surface area contributed by atoms with E-state index in [4.69, 9.17) is 27.9 Å². The molecule has 2 fully saturated rings. The number of nitrogens with one attached hydrogen (secondary N) is 4. The van der Waals surface area contributed by atoms with E-state index in [9.17, 15) is 9.59 Å². The van der Waals surface area contributed by atoms with Gasteiger partial charge in [-0.15, -0.1) is 0 Å². The van der Waals surface area contributed by atoms with Crippen molar-refractivity contribution in [3.8, 4) is 39.4 Å². The van der Waals surface area contributed by atoms with Gasteiger partial charge in [0.15, 0.2) is 0 Å². The average Bonchev–Trinajstić information content (AvgIpc) is 3.83. The summed E-state index contributed by atoms with van der Waals surface area (Å²) in [5.74, 6) is 0.951. The summed E-state index contributed by atoms with van der Waals surface area (Å²) in [6.07, 6.45) is 8.51. The highest BCUT2D eigenvalue weighted by Crippen LogP contribution is 2.42. The number of nitrogens with zero attached hydrogens (tertiary/aromatic N) is 3. The van der Waals surface area contributed by atoms with E-state index in [2.05, 4.69) is 54.1 Å². The molecule has 2 aliphatic heterocycles. The van der Waals surface area contributed by atoms with Crippen LogP contribution in [-0.2, 0) is 29.7 Å². The van der Waals surface area contributed by atoms with Gasteiger partial charge in [-0.25, -0.2) is 0 Å². The van der Waals surface area contributed by atoms with Crippen LogP contribution in [0.25, 0.3) is 44.5 Å². The third kappa shape index (κ3) is 7.07. The van der Waals surface area contributed by atoms with Gasteiger partial charge in [-0.1, -0.05) is 47.5 Å². The molecule has 0 aliphatic carbocycles. The SMILES string of the molecule is COc1cc(-c2nccc(-c3ccnc(-c4ccc5c(CNC[C@@H]6CCC(=O)N6)cn(C)c5c4)c3Cl)c2Cl)ccc1CNC[C@@H]1CCC(=O)N1. The largest absolute Gasteiger partial charge is 0.496 e. The lowest BCUT2D eigenvalue weighted by Gasteiger charge is -2.16. The Morgan fingerprint density at radius 1 is 0.800 bits per heavy atom. The minimum atomic E-state index is 0.107. The molecule has 12 heteroatoms. The number of fused-ring (bicyclic) bond motifs is 1. The summed E-state index contributed by atoms with van der Waals surface area (Å²) in [7, 11) is 3.68. The van der Waals surface area contributed by atoms with E-state index < -0.39 is 0 Å². The van der Waals surface area contributed by atoms with Gasteiger partial charge in [0.05, 0.1) is 28.5 Å². The predicted octanol–water partition coefficient (Wildman–Crippen LogP) is 6.02. The molecule has 7 rings (SSSR count). The molecule has 2 amide bonds. The molecule has 2 atom stereocenters. The van der Waals surface area contributed by atoms with Crippen molar-refractivity contribution in [1.29, 1.82) is 0 Å². The van der Waals surface area contributed by atoms with Gasteiger partial charge in [-0.3, -0.25) is 19.6 Å². The summed E-state index contributed by atoms with van der Waals surface area (Å²) in [6.45, 7) is 2.74. The number of amides is 2. The molecular formula is C38H39Cl2N7O3. The summed E-state index contributed by atoms with van der Waals surface area (Å²) >= 11 is 14.2. The van der Waals surface area contributed by atoms with E-state index >= 15 is 0 Å². The van der Waals surface area contributed by atoms with Crippen molar-refractivity contribution in [3.63, 3.8) is 0 Å². The molecule has 3 aromatic heterocycles. The van der Waals surface area contributed by atoms with Crippen LogP contribution in [-0.4, -0.2) is 58.6 Å². The molecule has 0 spiro atoms. The van der Waals surface area contributed by atoms with Gasteiger partial charge < -0.3 is 30.6 Å². The van der Waals surface area contributed by atoms with Crippen LogP contribution in [0.15, 0.2) is 67.1 Å². The predicted molar refractivity (Wildman–Crippen MR) is 197 cm³/mol. The number of carbonyl (C=O) groups excluding carboxylic acids is 2. The maximum absolute atomic E-state index is 11.5. The summed E-state index contributed by atoms with van der Waals surface area (Å²) in [5, 5.41) is 15.0. The fourth-order valence-corrected chi connectivity index (χ4v) is 7.57. The fraction of sp³-hybridized carbons (Fsp3) is 0.316. The van der Waals surface area contributed by atoms with E-state index in [1.165, 1.54) is 5.56 Å². The Balaban J connectivity index is 1.11. The Kier molecular flexibility index (Phi) is 10.1. The van der Waals surface area contributed by atoms with Crippen LogP contribution in [0, 0.1) is 0 Å². The zero-order valence-corrected chi connectivity index (χ0v) is 29.5. The molecule has 258 valence electrons. The van der Waals surface area contributed by atoms with Crippen LogP contribution in [0.1, 0.15) is 36.8 Å². The van der Waals surface area contributed by atoms with Crippen LogP contribution in [0.2, 0.25) is 10.0 Å². The van der Waals surface area contributed by atoms with Crippen molar-refractivity contribution in [2.24, 2.45) is 7.05 Å². The fourth-order valence-electron chi connectivity index (χ4n) is 6.92.